The maximum Gasteiger partial charge on any atom is 0.182 e. The van der Waals surface area contributed by atoms with Crippen molar-refractivity contribution in [3.63, 3.8) is 0 Å². The Kier molecular flexibility index (Phi) is 3.80. The molecule has 0 amide bonds. The minimum absolute atomic E-state index is 0.585. The minimum atomic E-state index is 0.585. The van der Waals surface area contributed by atoms with E-state index in [1.165, 1.54) is 51.7 Å². The second-order valence-electron chi connectivity index (χ2n) is 7.19. The fourth-order valence-electron chi connectivity index (χ4n) is 4.74. The zero-order valence-electron chi connectivity index (χ0n) is 12.9. The quantitative estimate of drug-likeness (QED) is 0.785. The van der Waals surface area contributed by atoms with Gasteiger partial charge in [-0.25, -0.2) is 0 Å². The Morgan fingerprint density at radius 2 is 1.95 bits per heavy atom. The van der Waals surface area contributed by atoms with Crippen molar-refractivity contribution in [3.8, 4) is 0 Å². The van der Waals surface area contributed by atoms with E-state index < -0.39 is 0 Å². The third-order valence-electron chi connectivity index (χ3n) is 5.97. The van der Waals surface area contributed by atoms with Crippen LogP contribution in [0.4, 0.5) is 0 Å². The Morgan fingerprint density at radius 3 is 2.71 bits per heavy atom. The third kappa shape index (κ3) is 2.66. The standard InChI is InChI=1S/C18H25BN2/c19-21(18-13-20-10-8-15(18)9-11-20)12-16-6-3-5-14-4-1-2-7-17(14)16/h1-2,4,7,15-16,18H,3,5-6,8-13H2/t16-,18-/m1/s1. The zero-order valence-corrected chi connectivity index (χ0v) is 12.9. The maximum absolute atomic E-state index is 6.53. The second-order valence-corrected chi connectivity index (χ2v) is 7.19. The number of hydrogen-bond acceptors (Lipinski definition) is 2. The molecular weight excluding hydrogens is 255 g/mol. The molecule has 0 N–H and O–H groups in total. The lowest BCUT2D eigenvalue weighted by Crippen LogP contribution is -2.57. The molecule has 3 heteroatoms. The van der Waals surface area contributed by atoms with E-state index in [1.807, 2.05) is 0 Å². The predicted molar refractivity (Wildman–Crippen MR) is 87.5 cm³/mol. The van der Waals surface area contributed by atoms with Crippen LogP contribution in [0.5, 0.6) is 0 Å². The van der Waals surface area contributed by atoms with Gasteiger partial charge in [0.1, 0.15) is 0 Å². The smallest absolute Gasteiger partial charge is 0.182 e. The molecule has 3 saturated heterocycles. The van der Waals surface area contributed by atoms with Gasteiger partial charge in [0.15, 0.2) is 7.98 Å². The van der Waals surface area contributed by atoms with Crippen LogP contribution in [0.3, 0.4) is 0 Å². The average molecular weight is 280 g/mol. The van der Waals surface area contributed by atoms with E-state index in [1.54, 1.807) is 11.1 Å². The summed E-state index contributed by atoms with van der Waals surface area (Å²) in [4.78, 5) is 4.79. The normalized spacial score (nSPS) is 34.9. The summed E-state index contributed by atoms with van der Waals surface area (Å²) in [6.07, 6.45) is 6.55. The first-order valence-corrected chi connectivity index (χ1v) is 8.63. The van der Waals surface area contributed by atoms with Gasteiger partial charge < -0.3 is 9.71 Å². The van der Waals surface area contributed by atoms with Crippen molar-refractivity contribution in [3.05, 3.63) is 35.4 Å². The van der Waals surface area contributed by atoms with E-state index in [4.69, 9.17) is 7.98 Å². The molecular formula is C18H25BN2. The van der Waals surface area contributed by atoms with Crippen LogP contribution in [0.1, 0.15) is 42.7 Å². The van der Waals surface area contributed by atoms with Gasteiger partial charge in [-0.2, -0.15) is 0 Å². The summed E-state index contributed by atoms with van der Waals surface area (Å²) in [6, 6.07) is 9.57. The van der Waals surface area contributed by atoms with Crippen LogP contribution in [-0.4, -0.2) is 49.9 Å². The summed E-state index contributed by atoms with van der Waals surface area (Å²) in [5, 5.41) is 0. The Bertz CT molecular complexity index is 496. The van der Waals surface area contributed by atoms with Gasteiger partial charge in [0.2, 0.25) is 0 Å². The topological polar surface area (TPSA) is 6.48 Å². The SMILES string of the molecule is [B]N(C[C@H]1CCCc2ccccc21)[C@@H]1CN2CCC1CC2. The maximum atomic E-state index is 6.53. The summed E-state index contributed by atoms with van der Waals surface area (Å²) in [6.45, 7) is 4.81. The molecule has 110 valence electrons. The Morgan fingerprint density at radius 1 is 1.14 bits per heavy atom. The van der Waals surface area contributed by atoms with Crippen LogP contribution < -0.4 is 0 Å². The van der Waals surface area contributed by atoms with Crippen LogP contribution >= 0.6 is 0 Å². The van der Waals surface area contributed by atoms with Crippen molar-refractivity contribution in [2.75, 3.05) is 26.2 Å². The van der Waals surface area contributed by atoms with Crippen LogP contribution in [0.15, 0.2) is 24.3 Å². The third-order valence-corrected chi connectivity index (χ3v) is 5.97. The lowest BCUT2D eigenvalue weighted by molar-refractivity contribution is 0.0374. The molecule has 0 saturated carbocycles. The first-order chi connectivity index (χ1) is 10.3. The molecule has 4 aliphatic rings. The largest absolute Gasteiger partial charge is 0.349 e. The van der Waals surface area contributed by atoms with E-state index in [2.05, 4.69) is 34.0 Å². The van der Waals surface area contributed by atoms with Crippen molar-refractivity contribution in [1.82, 2.24) is 9.71 Å². The van der Waals surface area contributed by atoms with Gasteiger partial charge in [-0.1, -0.05) is 24.3 Å². The Hall–Kier alpha value is -0.795. The fourth-order valence-corrected chi connectivity index (χ4v) is 4.74. The van der Waals surface area contributed by atoms with Crippen LogP contribution in [0.2, 0.25) is 0 Å². The summed E-state index contributed by atoms with van der Waals surface area (Å²) in [5.41, 5.74) is 3.11. The van der Waals surface area contributed by atoms with Crippen LogP contribution in [-0.2, 0) is 6.42 Å². The lowest BCUT2D eigenvalue weighted by Gasteiger charge is -2.49. The predicted octanol–water partition coefficient (Wildman–Crippen LogP) is 2.59. The molecule has 1 aliphatic carbocycles. The molecule has 2 radical (unpaired) electrons. The molecule has 3 aliphatic heterocycles. The molecule has 1 aromatic rings. The molecule has 0 unspecified atom stereocenters. The molecule has 0 spiro atoms. The van der Waals surface area contributed by atoms with E-state index >= 15 is 0 Å². The molecule has 21 heavy (non-hydrogen) atoms. The van der Waals surface area contributed by atoms with Gasteiger partial charge >= 0.3 is 0 Å². The Labute approximate surface area is 129 Å². The molecule has 3 fully saturated rings. The van der Waals surface area contributed by atoms with Crippen LogP contribution in [0, 0.1) is 5.92 Å². The van der Waals surface area contributed by atoms with E-state index in [-0.39, 0.29) is 0 Å². The highest BCUT2D eigenvalue weighted by molar-refractivity contribution is 6.04. The first-order valence-electron chi connectivity index (χ1n) is 8.63. The Balaban J connectivity index is 1.47. The molecule has 0 aromatic heterocycles. The van der Waals surface area contributed by atoms with Crippen molar-refractivity contribution >= 4 is 7.98 Å². The molecule has 2 bridgehead atoms. The highest BCUT2D eigenvalue weighted by atomic mass is 15.2. The summed E-state index contributed by atoms with van der Waals surface area (Å²) >= 11 is 0. The number of nitrogens with zero attached hydrogens (tertiary/aromatic N) is 2. The monoisotopic (exact) mass is 280 g/mol. The first kappa shape index (κ1) is 13.8. The van der Waals surface area contributed by atoms with Crippen molar-refractivity contribution in [2.24, 2.45) is 5.92 Å². The number of hydrogen-bond donors (Lipinski definition) is 0. The van der Waals surface area contributed by atoms with E-state index in [0.29, 0.717) is 12.0 Å². The van der Waals surface area contributed by atoms with Crippen molar-refractivity contribution in [1.29, 1.82) is 0 Å². The van der Waals surface area contributed by atoms with Crippen molar-refractivity contribution < 1.29 is 0 Å². The molecule has 1 aromatic carbocycles. The minimum Gasteiger partial charge on any atom is -0.349 e. The molecule has 3 heterocycles. The summed E-state index contributed by atoms with van der Waals surface area (Å²) in [7, 11) is 6.53. The zero-order chi connectivity index (χ0) is 14.2. The van der Waals surface area contributed by atoms with Gasteiger partial charge in [-0.15, -0.1) is 0 Å². The van der Waals surface area contributed by atoms with Gasteiger partial charge in [0.05, 0.1) is 0 Å². The fraction of sp³-hybridized carbons (Fsp3) is 0.667. The number of benzene rings is 1. The molecule has 2 nitrogen and oxygen atoms in total. The van der Waals surface area contributed by atoms with E-state index in [9.17, 15) is 0 Å². The molecule has 5 rings (SSSR count). The number of fused-ring (bicyclic) bond motifs is 4. The van der Waals surface area contributed by atoms with Gasteiger partial charge in [-0.05, 0) is 74.7 Å². The van der Waals surface area contributed by atoms with E-state index in [0.717, 1.165) is 12.5 Å². The van der Waals surface area contributed by atoms with Crippen LogP contribution in [0.25, 0.3) is 0 Å². The second kappa shape index (κ2) is 5.77. The van der Waals surface area contributed by atoms with Crippen molar-refractivity contribution in [2.45, 2.75) is 44.1 Å². The number of aryl methyl sites for hydroxylation is 1. The lowest BCUT2D eigenvalue weighted by atomic mass is 9.79. The van der Waals surface area contributed by atoms with Gasteiger partial charge in [-0.3, -0.25) is 0 Å². The number of rotatable bonds is 3. The van der Waals surface area contributed by atoms with Gasteiger partial charge in [0, 0.05) is 12.6 Å². The highest BCUT2D eigenvalue weighted by Crippen LogP contribution is 2.35. The summed E-state index contributed by atoms with van der Waals surface area (Å²) < 4.78 is 0. The number of piperidine rings is 3. The summed E-state index contributed by atoms with van der Waals surface area (Å²) in [5.74, 6) is 1.47. The average Bonchev–Trinajstić information content (AvgIpc) is 2.56. The van der Waals surface area contributed by atoms with Gasteiger partial charge in [0.25, 0.3) is 0 Å². The molecule has 2 atom stereocenters. The highest BCUT2D eigenvalue weighted by Gasteiger charge is 2.36.